The third-order valence-electron chi connectivity index (χ3n) is 7.02. The standard InChI is InChI=1S/C40H56N2O2.2C2H4O2.Co/c1-37(2,3)21-27-17-29(23-39(7,8)9)35(43)31(19-27)25-41-33-13-15-34(16-14-33)42-26-32-20-28(22-38(4,5)6)18-30(36(32)44)24-40(10,11)12;2*1-2(3)4;/h13-20,25-26,43-44H,21-24H2,1-12H3;2*1H3,(H,3,4);/q;;;+2/p-2. The maximum absolute atomic E-state index is 11.1. The third kappa shape index (κ3) is 22.0. The Kier molecular flexibility index (Phi) is 19.0. The summed E-state index contributed by atoms with van der Waals surface area (Å²) in [5.41, 5.74) is 7.78. The minimum absolute atomic E-state index is 0. The number of phenols is 2. The maximum atomic E-state index is 11.1. The van der Waals surface area contributed by atoms with Crippen LogP contribution in [0.2, 0.25) is 0 Å². The number of rotatable bonds is 8. The topological polar surface area (TPSA) is 145 Å². The molecule has 3 aromatic carbocycles. The van der Waals surface area contributed by atoms with E-state index in [-0.39, 0.29) is 38.4 Å². The summed E-state index contributed by atoms with van der Waals surface area (Å²) in [4.78, 5) is 27.2. The number of aromatic hydroxyl groups is 2. The maximum Gasteiger partial charge on any atom is 2.00 e. The molecule has 2 N–H and O–H groups in total. The van der Waals surface area contributed by atoms with Crippen molar-refractivity contribution in [3.63, 3.8) is 0 Å². The molecule has 0 atom stereocenters. The monoisotopic (exact) mass is 773 g/mol. The number of carboxylic acids is 2. The molecule has 3 rings (SSSR count). The van der Waals surface area contributed by atoms with Crippen molar-refractivity contribution in [3.8, 4) is 11.5 Å². The molecule has 0 unspecified atom stereocenters. The van der Waals surface area contributed by atoms with E-state index in [0.717, 1.165) is 73.2 Å². The molecule has 53 heavy (non-hydrogen) atoms. The van der Waals surface area contributed by atoms with Crippen LogP contribution in [0.25, 0.3) is 0 Å². The number of aliphatic imine (C=N–C) groups is 2. The van der Waals surface area contributed by atoms with Gasteiger partial charge < -0.3 is 30.0 Å². The van der Waals surface area contributed by atoms with Crippen LogP contribution in [0.1, 0.15) is 130 Å². The molecule has 0 bridgehead atoms. The summed E-state index contributed by atoms with van der Waals surface area (Å²) in [5, 5.41) is 40.0. The summed E-state index contributed by atoms with van der Waals surface area (Å²) in [6.45, 7) is 28.5. The van der Waals surface area contributed by atoms with Gasteiger partial charge in [-0.25, -0.2) is 0 Å². The summed E-state index contributed by atoms with van der Waals surface area (Å²) in [6.07, 6.45) is 6.95. The summed E-state index contributed by atoms with van der Waals surface area (Å²) in [6, 6.07) is 16.1. The van der Waals surface area contributed by atoms with Crippen molar-refractivity contribution in [1.82, 2.24) is 0 Å². The van der Waals surface area contributed by atoms with Crippen LogP contribution in [0.15, 0.2) is 58.5 Å². The average Bonchev–Trinajstić information content (AvgIpc) is 2.91. The van der Waals surface area contributed by atoms with Crippen LogP contribution in [0.5, 0.6) is 11.5 Å². The van der Waals surface area contributed by atoms with Crippen LogP contribution in [-0.4, -0.2) is 34.6 Å². The average molecular weight is 774 g/mol. The van der Waals surface area contributed by atoms with Crippen LogP contribution in [0.4, 0.5) is 11.4 Å². The molecule has 0 saturated heterocycles. The van der Waals surface area contributed by atoms with E-state index in [2.05, 4.69) is 107 Å². The summed E-state index contributed by atoms with van der Waals surface area (Å²) < 4.78 is 0. The second-order valence-corrected chi connectivity index (χ2v) is 18.4. The van der Waals surface area contributed by atoms with Crippen molar-refractivity contribution in [3.05, 3.63) is 81.9 Å². The van der Waals surface area contributed by atoms with Crippen molar-refractivity contribution in [2.45, 2.75) is 123 Å². The Labute approximate surface area is 329 Å². The van der Waals surface area contributed by atoms with Crippen molar-refractivity contribution < 1.29 is 46.8 Å². The number of carbonyl (C=O) groups is 2. The number of phenolic OH excluding ortho intramolecular Hbond substituents is 2. The molecule has 0 fully saturated rings. The quantitative estimate of drug-likeness (QED) is 0.220. The number of aliphatic carboxylic acids is 2. The van der Waals surface area contributed by atoms with Gasteiger partial charge in [0.25, 0.3) is 0 Å². The molecular formula is C44H62CoN2O6. The molecule has 0 spiro atoms. The number of carboxylic acid groups (broad SMARTS) is 2. The van der Waals surface area contributed by atoms with Crippen molar-refractivity contribution in [2.24, 2.45) is 31.6 Å². The number of hydrogen-bond donors (Lipinski definition) is 2. The number of nitrogens with zero attached hydrogens (tertiary/aromatic N) is 2. The molecular weight excluding hydrogens is 711 g/mol. The van der Waals surface area contributed by atoms with Gasteiger partial charge in [0.2, 0.25) is 0 Å². The van der Waals surface area contributed by atoms with Crippen LogP contribution in [0, 0.1) is 21.7 Å². The molecule has 0 aromatic heterocycles. The van der Waals surface area contributed by atoms with Gasteiger partial charge in [0.1, 0.15) is 11.5 Å². The molecule has 0 amide bonds. The van der Waals surface area contributed by atoms with Crippen LogP contribution in [0.3, 0.4) is 0 Å². The zero-order valence-corrected chi connectivity index (χ0v) is 35.4. The predicted molar refractivity (Wildman–Crippen MR) is 211 cm³/mol. The smallest absolute Gasteiger partial charge is 0.550 e. The van der Waals surface area contributed by atoms with E-state index >= 15 is 0 Å². The van der Waals surface area contributed by atoms with E-state index < -0.39 is 11.9 Å². The Hall–Kier alpha value is -3.95. The third-order valence-corrected chi connectivity index (χ3v) is 7.02. The van der Waals surface area contributed by atoms with Gasteiger partial charge in [-0.3, -0.25) is 9.98 Å². The Morgan fingerprint density at radius 2 is 0.792 bits per heavy atom. The molecule has 3 aromatic rings. The number of benzene rings is 3. The second kappa shape index (κ2) is 20.5. The first-order chi connectivity index (χ1) is 23.5. The number of hydrogen-bond acceptors (Lipinski definition) is 8. The van der Waals surface area contributed by atoms with Gasteiger partial charge >= 0.3 is 16.8 Å². The first-order valence-corrected chi connectivity index (χ1v) is 17.8. The molecule has 293 valence electrons. The van der Waals surface area contributed by atoms with Gasteiger partial charge in [-0.1, -0.05) is 95.2 Å². The number of carbonyl (C=O) groups excluding carboxylic acids is 2. The fourth-order valence-electron chi connectivity index (χ4n) is 5.53. The first kappa shape index (κ1) is 49.0. The largest absolute Gasteiger partial charge is 2.00 e. The van der Waals surface area contributed by atoms with Crippen molar-refractivity contribution in [1.29, 1.82) is 0 Å². The van der Waals surface area contributed by atoms with Crippen LogP contribution < -0.4 is 10.2 Å². The van der Waals surface area contributed by atoms with Gasteiger partial charge in [-0.2, -0.15) is 0 Å². The molecule has 0 heterocycles. The Balaban J connectivity index is 0.00000272. The van der Waals surface area contributed by atoms with Crippen LogP contribution in [-0.2, 0) is 52.1 Å². The molecule has 1 radical (unpaired) electrons. The van der Waals surface area contributed by atoms with E-state index in [9.17, 15) is 10.2 Å². The van der Waals surface area contributed by atoms with Gasteiger partial charge in [-0.15, -0.1) is 0 Å². The predicted octanol–water partition coefficient (Wildman–Crippen LogP) is 8.46. The van der Waals surface area contributed by atoms with Gasteiger partial charge in [-0.05, 0) is 120 Å². The van der Waals surface area contributed by atoms with E-state index in [1.54, 1.807) is 12.4 Å². The van der Waals surface area contributed by atoms with Gasteiger partial charge in [0.05, 0.1) is 11.4 Å². The van der Waals surface area contributed by atoms with Crippen molar-refractivity contribution in [2.75, 3.05) is 0 Å². The zero-order chi connectivity index (χ0) is 40.2. The zero-order valence-electron chi connectivity index (χ0n) is 34.4. The fourth-order valence-corrected chi connectivity index (χ4v) is 5.53. The molecule has 8 nitrogen and oxygen atoms in total. The minimum atomic E-state index is -1.08. The molecule has 0 aliphatic rings. The first-order valence-electron chi connectivity index (χ1n) is 17.8. The summed E-state index contributed by atoms with van der Waals surface area (Å²) in [5.74, 6) is -1.55. The second-order valence-electron chi connectivity index (χ2n) is 18.4. The normalized spacial score (nSPS) is 12.0. The van der Waals surface area contributed by atoms with Gasteiger partial charge in [0.15, 0.2) is 0 Å². The summed E-state index contributed by atoms with van der Waals surface area (Å²) >= 11 is 0. The van der Waals surface area contributed by atoms with E-state index in [4.69, 9.17) is 29.8 Å². The Morgan fingerprint density at radius 1 is 0.547 bits per heavy atom. The molecule has 0 aliphatic heterocycles. The Morgan fingerprint density at radius 3 is 1.02 bits per heavy atom. The van der Waals surface area contributed by atoms with E-state index in [1.165, 1.54) is 11.1 Å². The minimum Gasteiger partial charge on any atom is -0.550 e. The van der Waals surface area contributed by atoms with Crippen LogP contribution >= 0.6 is 0 Å². The Bertz CT molecular complexity index is 1560. The SMILES string of the molecule is CC(=O)[O-].CC(=O)[O-].CC(C)(C)Cc1cc(C=Nc2ccc(N=Cc3cc(CC(C)(C)C)cc(CC(C)(C)C)c3O)cc2)c(O)c(CC(C)(C)C)c1.[Co+2]. The van der Waals surface area contributed by atoms with Gasteiger partial charge in [0, 0.05) is 35.5 Å². The molecule has 9 heteroatoms. The fraction of sp³-hybridized carbons (Fsp3) is 0.500. The van der Waals surface area contributed by atoms with E-state index in [1.807, 2.05) is 24.3 Å². The molecule has 0 saturated carbocycles. The summed E-state index contributed by atoms with van der Waals surface area (Å²) in [7, 11) is 0. The van der Waals surface area contributed by atoms with Crippen molar-refractivity contribution >= 4 is 35.7 Å². The van der Waals surface area contributed by atoms with E-state index in [0.29, 0.717) is 11.5 Å². The molecule has 0 aliphatic carbocycles.